The Hall–Kier alpha value is -1.68. The summed E-state index contributed by atoms with van der Waals surface area (Å²) in [7, 11) is 0. The van der Waals surface area contributed by atoms with Gasteiger partial charge in [-0.3, -0.25) is 10.9 Å². The molecule has 3 N–H and O–H groups in total. The summed E-state index contributed by atoms with van der Waals surface area (Å²) in [5.41, 5.74) is 3.47. The van der Waals surface area contributed by atoms with Gasteiger partial charge in [0.1, 0.15) is 18.2 Å². The number of rotatable bonds is 16. The van der Waals surface area contributed by atoms with Crippen LogP contribution in [0.2, 0.25) is 0 Å². The molecule has 3 rings (SSSR count). The average Bonchev–Trinajstić information content (AvgIpc) is 3.02. The fourth-order valence-electron chi connectivity index (χ4n) is 5.13. The second kappa shape index (κ2) is 26.4. The van der Waals surface area contributed by atoms with E-state index in [2.05, 4.69) is 67.1 Å². The van der Waals surface area contributed by atoms with Gasteiger partial charge >= 0.3 is 51.4 Å². The smallest absolute Gasteiger partial charge is 0.492 e. The molecular formula is C37H55FKN3O3-2. The van der Waals surface area contributed by atoms with Crippen LogP contribution < -0.4 is 72.1 Å². The van der Waals surface area contributed by atoms with Crippen molar-refractivity contribution in [3.63, 3.8) is 0 Å². The van der Waals surface area contributed by atoms with Crippen molar-refractivity contribution in [2.45, 2.75) is 91.0 Å². The second-order valence-electron chi connectivity index (χ2n) is 11.1. The van der Waals surface area contributed by atoms with Crippen LogP contribution in [0.15, 0.2) is 48.5 Å². The summed E-state index contributed by atoms with van der Waals surface area (Å²) in [5.74, 6) is 0.826. The summed E-state index contributed by atoms with van der Waals surface area (Å²) >= 11 is 0. The summed E-state index contributed by atoms with van der Waals surface area (Å²) < 4.78 is 18.4. The molecule has 1 aliphatic carbocycles. The third kappa shape index (κ3) is 18.9. The molecule has 45 heavy (non-hydrogen) atoms. The molecule has 8 heteroatoms. The molecule has 0 heterocycles. The Kier molecular flexibility index (Phi) is 25.4. The van der Waals surface area contributed by atoms with Crippen molar-refractivity contribution in [2.24, 2.45) is 5.92 Å². The Balaban J connectivity index is 0.00000168. The zero-order valence-corrected chi connectivity index (χ0v) is 31.6. The number of hydrogen-bond donors (Lipinski definition) is 3. The maximum Gasteiger partial charge on any atom is 1.00 e. The van der Waals surface area contributed by atoms with Gasteiger partial charge in [0.2, 0.25) is 5.91 Å². The van der Waals surface area contributed by atoms with Gasteiger partial charge in [-0.15, -0.1) is 6.04 Å². The minimum atomic E-state index is -0.451. The molecule has 0 spiro atoms. The van der Waals surface area contributed by atoms with Gasteiger partial charge in [0.25, 0.3) is 0 Å². The summed E-state index contributed by atoms with van der Waals surface area (Å²) in [6.45, 7) is 11.4. The van der Waals surface area contributed by atoms with E-state index in [1.165, 1.54) is 55.4 Å². The molecular weight excluding hydrogens is 593 g/mol. The molecule has 0 bridgehead atoms. The number of benzene rings is 2. The third-order valence-corrected chi connectivity index (χ3v) is 7.53. The number of allylic oxidation sites excluding steroid dienone is 1. The van der Waals surface area contributed by atoms with E-state index in [1.54, 1.807) is 12.1 Å². The standard InChI is InChI=1S/C29H45N3O3.C7H7F.CH3.K/c1-4-6-8-18-27(25-13-9-7-10-14-25)30-20-21-35-29-24(5-2)15-11-16-26(29)17-12-19-31-28(34)22-32-23(3)33;1-6-2-4-7(8)5-3-6;;/h8,11,15-16,25,27,30H,3-7,9-10,12-14,17,19-22H2,1-2H3,(H,31,34)(H,32,33);2-5H,1H3;1H3;/q-2;;-1;+1. The first-order valence-electron chi connectivity index (χ1n) is 16.0. The molecule has 1 aliphatic rings. The molecule has 0 radical (unpaired) electrons. The molecule has 0 saturated heterocycles. The van der Waals surface area contributed by atoms with Gasteiger partial charge < -0.3 is 45.9 Å². The van der Waals surface area contributed by atoms with Gasteiger partial charge in [-0.25, -0.2) is 4.39 Å². The van der Waals surface area contributed by atoms with Crippen LogP contribution in [-0.4, -0.2) is 44.1 Å². The number of ether oxygens (including phenoxy) is 1. The fourth-order valence-corrected chi connectivity index (χ4v) is 5.13. The average molecular weight is 648 g/mol. The van der Waals surface area contributed by atoms with E-state index in [9.17, 15) is 14.0 Å². The summed E-state index contributed by atoms with van der Waals surface area (Å²) in [6, 6.07) is 13.0. The number of aryl methyl sites for hydroxylation is 3. The SMILES string of the molecule is Cc1ccc(F)cc1.[CH2-]C(=O)NCC(=O)NCCCc1cccc(CC)c1OCCNC([C-]=CCCC)C1CCCCC1.[CH3-].[K+]. The summed E-state index contributed by atoms with van der Waals surface area (Å²) in [5, 5.41) is 8.95. The Morgan fingerprint density at radius 1 is 1.04 bits per heavy atom. The Morgan fingerprint density at radius 3 is 2.36 bits per heavy atom. The molecule has 1 atom stereocenters. The zero-order chi connectivity index (χ0) is 31.3. The van der Waals surface area contributed by atoms with Gasteiger partial charge in [-0.05, 0) is 49.4 Å². The van der Waals surface area contributed by atoms with Crippen LogP contribution in [-0.2, 0) is 22.4 Å². The van der Waals surface area contributed by atoms with Crippen LogP contribution in [0.4, 0.5) is 4.39 Å². The minimum absolute atomic E-state index is 0. The van der Waals surface area contributed by atoms with Gasteiger partial charge in [0, 0.05) is 13.1 Å². The predicted molar refractivity (Wildman–Crippen MR) is 180 cm³/mol. The number of nitrogens with one attached hydrogen (secondary N) is 3. The fraction of sp³-hybridized carbons (Fsp3) is 0.514. The monoisotopic (exact) mass is 647 g/mol. The summed E-state index contributed by atoms with van der Waals surface area (Å²) in [4.78, 5) is 22.6. The largest absolute Gasteiger partial charge is 1.00 e. The Labute approximate surface area is 315 Å². The van der Waals surface area contributed by atoms with Gasteiger partial charge in [0.15, 0.2) is 0 Å². The van der Waals surface area contributed by atoms with E-state index >= 15 is 0 Å². The van der Waals surface area contributed by atoms with E-state index in [-0.39, 0.29) is 77.1 Å². The normalized spacial score (nSPS) is 13.4. The van der Waals surface area contributed by atoms with Crippen molar-refractivity contribution >= 4 is 11.8 Å². The Morgan fingerprint density at radius 2 is 1.73 bits per heavy atom. The van der Waals surface area contributed by atoms with Crippen LogP contribution in [0.3, 0.4) is 0 Å². The molecule has 2 aromatic rings. The van der Waals surface area contributed by atoms with Crippen LogP contribution in [0, 0.1) is 39.1 Å². The Bertz CT molecular complexity index is 1080. The van der Waals surface area contributed by atoms with E-state index in [1.807, 2.05) is 6.92 Å². The molecule has 0 aromatic heterocycles. The summed E-state index contributed by atoms with van der Waals surface area (Å²) in [6.07, 6.45) is 17.2. The maximum atomic E-state index is 12.1. The van der Waals surface area contributed by atoms with Gasteiger partial charge in [-0.1, -0.05) is 101 Å². The van der Waals surface area contributed by atoms with Gasteiger partial charge in [-0.2, -0.15) is 0 Å². The molecule has 6 nitrogen and oxygen atoms in total. The van der Waals surface area contributed by atoms with Gasteiger partial charge in [0.05, 0.1) is 12.5 Å². The quantitative estimate of drug-likeness (QED) is 0.147. The topological polar surface area (TPSA) is 79.5 Å². The van der Waals surface area contributed by atoms with Crippen LogP contribution in [0.25, 0.3) is 0 Å². The molecule has 2 aromatic carbocycles. The van der Waals surface area contributed by atoms with Crippen molar-refractivity contribution in [3.05, 3.63) is 91.5 Å². The molecule has 1 saturated carbocycles. The number of carbonyl (C=O) groups is 2. The molecule has 1 fully saturated rings. The molecule has 2 amide bonds. The van der Waals surface area contributed by atoms with E-state index in [4.69, 9.17) is 4.74 Å². The van der Waals surface area contributed by atoms with E-state index in [0.29, 0.717) is 25.1 Å². The molecule has 246 valence electrons. The predicted octanol–water partition coefficient (Wildman–Crippen LogP) is 3.91. The number of amides is 2. The first kappa shape index (κ1) is 43.3. The number of carbonyl (C=O) groups excluding carboxylic acids is 2. The number of para-hydroxylation sites is 1. The first-order valence-corrected chi connectivity index (χ1v) is 16.0. The first-order chi connectivity index (χ1) is 20.8. The van der Waals surface area contributed by atoms with Crippen LogP contribution in [0.1, 0.15) is 81.9 Å². The minimum Gasteiger partial charge on any atom is -0.492 e. The number of halogens is 1. The number of unbranched alkanes of at least 4 members (excludes halogenated alkanes) is 1. The van der Waals surface area contributed by atoms with E-state index in [0.717, 1.165) is 50.0 Å². The maximum absolute atomic E-state index is 12.1. The second-order valence-corrected chi connectivity index (χ2v) is 11.1. The zero-order valence-electron chi connectivity index (χ0n) is 28.5. The van der Waals surface area contributed by atoms with Crippen molar-refractivity contribution in [3.8, 4) is 5.75 Å². The van der Waals surface area contributed by atoms with Crippen molar-refractivity contribution in [1.82, 2.24) is 16.0 Å². The van der Waals surface area contributed by atoms with Crippen molar-refractivity contribution in [2.75, 3.05) is 26.2 Å². The molecule has 1 unspecified atom stereocenters. The van der Waals surface area contributed by atoms with Crippen molar-refractivity contribution < 1.29 is 70.1 Å². The third-order valence-electron chi connectivity index (χ3n) is 7.53. The van der Waals surface area contributed by atoms with Crippen LogP contribution in [0.5, 0.6) is 5.75 Å². The van der Waals surface area contributed by atoms with Crippen molar-refractivity contribution in [1.29, 1.82) is 0 Å². The van der Waals surface area contributed by atoms with E-state index < -0.39 is 5.91 Å². The molecule has 0 aliphatic heterocycles. The van der Waals surface area contributed by atoms with Crippen LogP contribution >= 0.6 is 0 Å². The number of hydrogen-bond acceptors (Lipinski definition) is 4.